The Morgan fingerprint density at radius 1 is 1.36 bits per heavy atom. The van der Waals surface area contributed by atoms with Gasteiger partial charge in [0.05, 0.1) is 18.2 Å². The highest BCUT2D eigenvalue weighted by molar-refractivity contribution is 5.97. The summed E-state index contributed by atoms with van der Waals surface area (Å²) in [6.45, 7) is 0.0667. The van der Waals surface area contributed by atoms with Crippen molar-refractivity contribution in [3.63, 3.8) is 0 Å². The van der Waals surface area contributed by atoms with E-state index >= 15 is 0 Å². The number of nitrogens with zero attached hydrogens (tertiary/aromatic N) is 2. The van der Waals surface area contributed by atoms with Crippen LogP contribution in [0.5, 0.6) is 5.75 Å². The number of carbonyl (C=O) groups is 2. The average molecular weight is 358 g/mol. The molecule has 2 aromatic rings. The number of carboxylic acids is 1. The minimum absolute atomic E-state index is 0.0562. The molecule has 1 aromatic carbocycles. The third kappa shape index (κ3) is 4.46. The zero-order valence-electron chi connectivity index (χ0n) is 12.8. The maximum absolute atomic E-state index is 12.7. The van der Waals surface area contributed by atoms with Crippen molar-refractivity contribution in [1.82, 2.24) is 20.5 Å². The molecule has 0 fully saturated rings. The lowest BCUT2D eigenvalue weighted by Crippen LogP contribution is -2.26. The van der Waals surface area contributed by atoms with E-state index in [9.17, 15) is 22.8 Å². The maximum atomic E-state index is 12.7. The van der Waals surface area contributed by atoms with Gasteiger partial charge in [-0.25, -0.2) is 9.78 Å². The van der Waals surface area contributed by atoms with Crippen LogP contribution in [0.4, 0.5) is 13.2 Å². The number of alkyl halides is 3. The van der Waals surface area contributed by atoms with Crippen LogP contribution in [-0.2, 0) is 12.6 Å². The molecular weight excluding hydrogens is 345 g/mol. The second-order valence-electron chi connectivity index (χ2n) is 4.83. The quantitative estimate of drug-likeness (QED) is 0.720. The van der Waals surface area contributed by atoms with Crippen LogP contribution in [0.25, 0.3) is 0 Å². The first kappa shape index (κ1) is 18.2. The van der Waals surface area contributed by atoms with Crippen LogP contribution in [0, 0.1) is 0 Å². The predicted molar refractivity (Wildman–Crippen MR) is 77.4 cm³/mol. The number of methoxy groups -OCH3 is 1. The Bertz CT molecular complexity index is 789. The molecule has 0 unspecified atom stereocenters. The van der Waals surface area contributed by atoms with Crippen molar-refractivity contribution in [1.29, 1.82) is 0 Å². The number of halogens is 3. The summed E-state index contributed by atoms with van der Waals surface area (Å²) >= 11 is 0. The number of aromatic nitrogens is 3. The molecule has 0 bridgehead atoms. The van der Waals surface area contributed by atoms with Gasteiger partial charge in [0, 0.05) is 13.0 Å². The number of hydrogen-bond donors (Lipinski definition) is 3. The average Bonchev–Trinajstić information content (AvgIpc) is 3.02. The molecule has 0 saturated carbocycles. The molecule has 25 heavy (non-hydrogen) atoms. The SMILES string of the molecule is COc1cc(C(F)(F)F)ccc1C(=O)NCCc1nc(C(=O)O)n[nH]1. The molecule has 11 heteroatoms. The topological polar surface area (TPSA) is 117 Å². The number of carbonyl (C=O) groups excluding carboxylic acids is 1. The molecule has 0 saturated heterocycles. The monoisotopic (exact) mass is 358 g/mol. The van der Waals surface area contributed by atoms with E-state index in [1.165, 1.54) is 0 Å². The van der Waals surface area contributed by atoms with Crippen LogP contribution in [-0.4, -0.2) is 45.8 Å². The van der Waals surface area contributed by atoms with Gasteiger partial charge in [-0.05, 0) is 18.2 Å². The highest BCUT2D eigenvalue weighted by Crippen LogP contribution is 2.33. The van der Waals surface area contributed by atoms with Gasteiger partial charge in [0.1, 0.15) is 11.6 Å². The van der Waals surface area contributed by atoms with Gasteiger partial charge in [0.2, 0.25) is 0 Å². The van der Waals surface area contributed by atoms with Crippen molar-refractivity contribution in [3.8, 4) is 5.75 Å². The molecule has 0 atom stereocenters. The molecule has 3 N–H and O–H groups in total. The van der Waals surface area contributed by atoms with Crippen LogP contribution < -0.4 is 10.1 Å². The van der Waals surface area contributed by atoms with E-state index in [4.69, 9.17) is 9.84 Å². The van der Waals surface area contributed by atoms with Gasteiger partial charge < -0.3 is 15.2 Å². The van der Waals surface area contributed by atoms with Crippen LogP contribution in [0.2, 0.25) is 0 Å². The van der Waals surface area contributed by atoms with Crippen LogP contribution in [0.3, 0.4) is 0 Å². The minimum Gasteiger partial charge on any atom is -0.496 e. The first-order chi connectivity index (χ1) is 11.7. The van der Waals surface area contributed by atoms with Crippen LogP contribution in [0.15, 0.2) is 18.2 Å². The van der Waals surface area contributed by atoms with E-state index in [1.54, 1.807) is 0 Å². The summed E-state index contributed by atoms with van der Waals surface area (Å²) in [5.74, 6) is -2.28. The summed E-state index contributed by atoms with van der Waals surface area (Å²) in [5.41, 5.74) is -0.983. The van der Waals surface area contributed by atoms with E-state index in [2.05, 4.69) is 20.5 Å². The standard InChI is InChI=1S/C14H13F3N4O4/c1-25-9-6-7(14(15,16)17)2-3-8(9)12(22)18-5-4-10-19-11(13(23)24)21-20-10/h2-3,6H,4-5H2,1H3,(H,18,22)(H,23,24)(H,19,20,21). The van der Waals surface area contributed by atoms with E-state index < -0.39 is 29.4 Å². The minimum atomic E-state index is -4.55. The number of benzene rings is 1. The van der Waals surface area contributed by atoms with Crippen LogP contribution in [0.1, 0.15) is 32.4 Å². The van der Waals surface area contributed by atoms with Crippen molar-refractivity contribution in [3.05, 3.63) is 41.0 Å². The number of carboxylic acid groups (broad SMARTS) is 1. The molecule has 8 nitrogen and oxygen atoms in total. The number of H-pyrrole nitrogens is 1. The van der Waals surface area contributed by atoms with Gasteiger partial charge in [0.15, 0.2) is 0 Å². The van der Waals surface area contributed by atoms with E-state index in [-0.39, 0.29) is 30.1 Å². The summed E-state index contributed by atoms with van der Waals surface area (Å²) < 4.78 is 42.9. The van der Waals surface area contributed by atoms with Crippen molar-refractivity contribution in [2.24, 2.45) is 0 Å². The Kier molecular flexibility index (Phi) is 5.25. The molecule has 1 amide bonds. The fourth-order valence-electron chi connectivity index (χ4n) is 1.95. The normalized spacial score (nSPS) is 11.2. The van der Waals surface area contributed by atoms with Gasteiger partial charge in [0.25, 0.3) is 11.7 Å². The summed E-state index contributed by atoms with van der Waals surface area (Å²) in [6, 6.07) is 2.55. The van der Waals surface area contributed by atoms with Crippen molar-refractivity contribution in [2.75, 3.05) is 13.7 Å². The molecule has 0 aliphatic carbocycles. The second-order valence-corrected chi connectivity index (χ2v) is 4.83. The molecule has 0 aliphatic rings. The number of nitrogens with one attached hydrogen (secondary N) is 2. The molecule has 134 valence electrons. The van der Waals surface area contributed by atoms with Crippen molar-refractivity contribution < 1.29 is 32.6 Å². The highest BCUT2D eigenvalue weighted by Gasteiger charge is 2.31. The van der Waals surface area contributed by atoms with Crippen molar-refractivity contribution in [2.45, 2.75) is 12.6 Å². The van der Waals surface area contributed by atoms with Gasteiger partial charge >= 0.3 is 12.1 Å². The van der Waals surface area contributed by atoms with Gasteiger partial charge in [-0.2, -0.15) is 13.2 Å². The molecular formula is C14H13F3N4O4. The van der Waals surface area contributed by atoms with Crippen LogP contribution >= 0.6 is 0 Å². The lowest BCUT2D eigenvalue weighted by molar-refractivity contribution is -0.137. The number of amides is 1. The Balaban J connectivity index is 2.01. The summed E-state index contributed by atoms with van der Waals surface area (Å²) in [4.78, 5) is 26.4. The summed E-state index contributed by atoms with van der Waals surface area (Å²) in [7, 11) is 1.16. The van der Waals surface area contributed by atoms with Gasteiger partial charge in [-0.15, -0.1) is 5.10 Å². The third-order valence-corrected chi connectivity index (χ3v) is 3.14. The second kappa shape index (κ2) is 7.20. The third-order valence-electron chi connectivity index (χ3n) is 3.14. The fraction of sp³-hybridized carbons (Fsp3) is 0.286. The number of ether oxygens (including phenoxy) is 1. The smallest absolute Gasteiger partial charge is 0.416 e. The van der Waals surface area contributed by atoms with Gasteiger partial charge in [-0.3, -0.25) is 9.89 Å². The molecule has 0 aliphatic heterocycles. The Labute approximate surface area is 139 Å². The number of aromatic carboxylic acids is 1. The lowest BCUT2D eigenvalue weighted by Gasteiger charge is -2.12. The number of aromatic amines is 1. The molecule has 1 heterocycles. The molecule has 0 spiro atoms. The number of rotatable bonds is 6. The summed E-state index contributed by atoms with van der Waals surface area (Å²) in [6.07, 6.45) is -4.38. The number of hydrogen-bond acceptors (Lipinski definition) is 5. The molecule has 0 radical (unpaired) electrons. The predicted octanol–water partition coefficient (Wildman–Crippen LogP) is 1.50. The molecule has 1 aromatic heterocycles. The first-order valence-corrected chi connectivity index (χ1v) is 6.90. The first-order valence-electron chi connectivity index (χ1n) is 6.90. The van der Waals surface area contributed by atoms with Crippen molar-refractivity contribution >= 4 is 11.9 Å². The zero-order chi connectivity index (χ0) is 18.6. The van der Waals surface area contributed by atoms with Gasteiger partial charge in [-0.1, -0.05) is 0 Å². The van der Waals surface area contributed by atoms with E-state index in [0.717, 1.165) is 25.3 Å². The highest BCUT2D eigenvalue weighted by atomic mass is 19.4. The Morgan fingerprint density at radius 2 is 2.08 bits per heavy atom. The Hall–Kier alpha value is -3.11. The maximum Gasteiger partial charge on any atom is 0.416 e. The fourth-order valence-corrected chi connectivity index (χ4v) is 1.95. The van der Waals surface area contributed by atoms with E-state index in [1.807, 2.05) is 0 Å². The summed E-state index contributed by atoms with van der Waals surface area (Å²) in [5, 5.41) is 17.0. The van der Waals surface area contributed by atoms with E-state index in [0.29, 0.717) is 0 Å². The molecule has 2 rings (SSSR count). The zero-order valence-corrected chi connectivity index (χ0v) is 12.8. The Morgan fingerprint density at radius 3 is 2.64 bits per heavy atom. The largest absolute Gasteiger partial charge is 0.496 e. The lowest BCUT2D eigenvalue weighted by atomic mass is 10.1.